The lowest BCUT2D eigenvalue weighted by atomic mass is 10.1. The molecule has 1 atom stereocenters. The Labute approximate surface area is 165 Å². The standard InChI is InChI=1S/C19H19BrClNO4/c1-2-10-22(19(25)26-12-13-6-4-3-5-7-13)17(18(23)24)15-9-8-14(21)11-16(15)20/h3-9,11,17H,2,10,12H2,1H3,(H,23,24). The fourth-order valence-electron chi connectivity index (χ4n) is 2.53. The number of nitrogens with zero attached hydrogens (tertiary/aromatic N) is 1. The maximum atomic E-state index is 12.6. The van der Waals surface area contributed by atoms with Gasteiger partial charge in [0.1, 0.15) is 6.61 Å². The number of hydrogen-bond donors (Lipinski definition) is 1. The average Bonchev–Trinajstić information content (AvgIpc) is 2.61. The molecule has 138 valence electrons. The molecular formula is C19H19BrClNO4. The molecule has 0 fully saturated rings. The first kappa shape index (κ1) is 20.3. The van der Waals surface area contributed by atoms with E-state index in [0.717, 1.165) is 5.56 Å². The van der Waals surface area contributed by atoms with Crippen LogP contribution in [0, 0.1) is 0 Å². The van der Waals surface area contributed by atoms with Gasteiger partial charge in [0.2, 0.25) is 0 Å². The van der Waals surface area contributed by atoms with Crippen molar-refractivity contribution in [2.75, 3.05) is 6.54 Å². The molecule has 1 unspecified atom stereocenters. The van der Waals surface area contributed by atoms with Crippen LogP contribution in [0.2, 0.25) is 5.02 Å². The number of carboxylic acid groups (broad SMARTS) is 1. The molecule has 0 spiro atoms. The summed E-state index contributed by atoms with van der Waals surface area (Å²) in [7, 11) is 0. The zero-order chi connectivity index (χ0) is 19.1. The van der Waals surface area contributed by atoms with Gasteiger partial charge in [-0.1, -0.05) is 70.9 Å². The minimum atomic E-state index is -1.18. The van der Waals surface area contributed by atoms with Gasteiger partial charge in [0, 0.05) is 21.6 Å². The van der Waals surface area contributed by atoms with Gasteiger partial charge in [-0.05, 0) is 24.1 Å². The molecule has 0 saturated carbocycles. The van der Waals surface area contributed by atoms with Crippen LogP contribution in [-0.4, -0.2) is 28.6 Å². The summed E-state index contributed by atoms with van der Waals surface area (Å²) in [4.78, 5) is 25.8. The smallest absolute Gasteiger partial charge is 0.411 e. The number of rotatable bonds is 7. The molecule has 0 aromatic heterocycles. The maximum absolute atomic E-state index is 12.6. The summed E-state index contributed by atoms with van der Waals surface area (Å²) in [5, 5.41) is 10.2. The highest BCUT2D eigenvalue weighted by Crippen LogP contribution is 2.31. The lowest BCUT2D eigenvalue weighted by Crippen LogP contribution is -2.40. The van der Waals surface area contributed by atoms with Crippen molar-refractivity contribution in [3.63, 3.8) is 0 Å². The predicted molar refractivity (Wildman–Crippen MR) is 103 cm³/mol. The number of ether oxygens (including phenoxy) is 1. The highest BCUT2D eigenvalue weighted by molar-refractivity contribution is 9.10. The topological polar surface area (TPSA) is 66.8 Å². The number of benzene rings is 2. The van der Waals surface area contributed by atoms with Crippen LogP contribution in [0.3, 0.4) is 0 Å². The molecule has 0 heterocycles. The Morgan fingerprint density at radius 3 is 2.50 bits per heavy atom. The Hall–Kier alpha value is -2.05. The second-order valence-corrected chi connectivity index (χ2v) is 6.93. The Kier molecular flexibility index (Phi) is 7.48. The van der Waals surface area contributed by atoms with Crippen molar-refractivity contribution in [2.45, 2.75) is 26.0 Å². The predicted octanol–water partition coefficient (Wildman–Crippen LogP) is 5.28. The third kappa shape index (κ3) is 5.22. The molecular weight excluding hydrogens is 422 g/mol. The van der Waals surface area contributed by atoms with Gasteiger partial charge in [-0.3, -0.25) is 4.90 Å². The molecule has 5 nitrogen and oxygen atoms in total. The number of amides is 1. The van der Waals surface area contributed by atoms with Crippen molar-refractivity contribution in [1.29, 1.82) is 0 Å². The van der Waals surface area contributed by atoms with Gasteiger partial charge in [-0.2, -0.15) is 0 Å². The van der Waals surface area contributed by atoms with E-state index in [1.807, 2.05) is 37.3 Å². The highest BCUT2D eigenvalue weighted by Gasteiger charge is 2.33. The number of carboxylic acids is 1. The Bertz CT molecular complexity index is 769. The number of aliphatic carboxylic acids is 1. The Balaban J connectivity index is 2.25. The van der Waals surface area contributed by atoms with E-state index in [0.29, 0.717) is 21.5 Å². The number of hydrogen-bond acceptors (Lipinski definition) is 3. The monoisotopic (exact) mass is 439 g/mol. The molecule has 1 amide bonds. The summed E-state index contributed by atoms with van der Waals surface area (Å²) in [5.74, 6) is -1.14. The molecule has 2 aromatic rings. The van der Waals surface area contributed by atoms with Crippen LogP contribution < -0.4 is 0 Å². The van der Waals surface area contributed by atoms with Crippen molar-refractivity contribution >= 4 is 39.6 Å². The minimum absolute atomic E-state index is 0.0774. The van der Waals surface area contributed by atoms with Gasteiger partial charge in [0.25, 0.3) is 0 Å². The van der Waals surface area contributed by atoms with Gasteiger partial charge in [0.05, 0.1) is 0 Å². The van der Waals surface area contributed by atoms with Gasteiger partial charge in [-0.15, -0.1) is 0 Å². The zero-order valence-electron chi connectivity index (χ0n) is 14.2. The van der Waals surface area contributed by atoms with E-state index in [-0.39, 0.29) is 13.2 Å². The van der Waals surface area contributed by atoms with Crippen molar-refractivity contribution < 1.29 is 19.4 Å². The quantitative estimate of drug-likeness (QED) is 0.636. The van der Waals surface area contributed by atoms with E-state index in [1.54, 1.807) is 18.2 Å². The molecule has 0 radical (unpaired) electrons. The first-order valence-corrected chi connectivity index (χ1v) is 9.26. The minimum Gasteiger partial charge on any atom is -0.479 e. The molecule has 1 N–H and O–H groups in total. The second-order valence-electron chi connectivity index (χ2n) is 5.64. The van der Waals surface area contributed by atoms with Crippen LogP contribution in [-0.2, 0) is 16.1 Å². The van der Waals surface area contributed by atoms with E-state index in [9.17, 15) is 14.7 Å². The summed E-state index contributed by atoms with van der Waals surface area (Å²) >= 11 is 9.27. The van der Waals surface area contributed by atoms with E-state index in [1.165, 1.54) is 4.90 Å². The van der Waals surface area contributed by atoms with Crippen LogP contribution in [0.1, 0.15) is 30.5 Å². The summed E-state index contributed by atoms with van der Waals surface area (Å²) in [6, 6.07) is 12.8. The van der Waals surface area contributed by atoms with E-state index in [4.69, 9.17) is 16.3 Å². The molecule has 26 heavy (non-hydrogen) atoms. The van der Waals surface area contributed by atoms with Crippen LogP contribution in [0.5, 0.6) is 0 Å². The van der Waals surface area contributed by atoms with Gasteiger partial charge >= 0.3 is 12.1 Å². The van der Waals surface area contributed by atoms with Crippen molar-refractivity contribution in [1.82, 2.24) is 4.90 Å². The normalized spacial score (nSPS) is 11.7. The van der Waals surface area contributed by atoms with Crippen molar-refractivity contribution in [3.8, 4) is 0 Å². The lowest BCUT2D eigenvalue weighted by molar-refractivity contribution is -0.143. The largest absolute Gasteiger partial charge is 0.479 e. The SMILES string of the molecule is CCCN(C(=O)OCc1ccccc1)C(C(=O)O)c1ccc(Cl)cc1Br. The lowest BCUT2D eigenvalue weighted by Gasteiger charge is -2.29. The summed E-state index contributed by atoms with van der Waals surface area (Å²) in [6.45, 7) is 2.20. The number of halogens is 2. The van der Waals surface area contributed by atoms with Gasteiger partial charge < -0.3 is 9.84 Å². The van der Waals surface area contributed by atoms with Crippen LogP contribution in [0.25, 0.3) is 0 Å². The Morgan fingerprint density at radius 1 is 1.23 bits per heavy atom. The molecule has 7 heteroatoms. The van der Waals surface area contributed by atoms with E-state index >= 15 is 0 Å². The fourth-order valence-corrected chi connectivity index (χ4v) is 3.43. The summed E-state index contributed by atoms with van der Waals surface area (Å²) in [5.41, 5.74) is 1.27. The average molecular weight is 441 g/mol. The molecule has 0 saturated heterocycles. The third-order valence-corrected chi connectivity index (χ3v) is 4.63. The molecule has 0 bridgehead atoms. The fraction of sp³-hybridized carbons (Fsp3) is 0.263. The molecule has 0 aliphatic rings. The molecule has 0 aliphatic carbocycles. The van der Waals surface area contributed by atoms with E-state index < -0.39 is 18.1 Å². The highest BCUT2D eigenvalue weighted by atomic mass is 79.9. The summed E-state index contributed by atoms with van der Waals surface area (Å²) in [6.07, 6.45) is -0.0833. The first-order chi connectivity index (χ1) is 12.4. The van der Waals surface area contributed by atoms with Crippen LogP contribution in [0.15, 0.2) is 53.0 Å². The Morgan fingerprint density at radius 2 is 1.92 bits per heavy atom. The molecule has 0 aliphatic heterocycles. The second kappa shape index (κ2) is 9.59. The molecule has 2 rings (SSSR count). The van der Waals surface area contributed by atoms with Gasteiger partial charge in [-0.25, -0.2) is 9.59 Å². The number of carbonyl (C=O) groups is 2. The van der Waals surface area contributed by atoms with E-state index in [2.05, 4.69) is 15.9 Å². The van der Waals surface area contributed by atoms with Crippen molar-refractivity contribution in [3.05, 3.63) is 69.2 Å². The third-order valence-electron chi connectivity index (χ3n) is 3.71. The number of carbonyl (C=O) groups excluding carboxylic acids is 1. The maximum Gasteiger partial charge on any atom is 0.411 e. The summed E-state index contributed by atoms with van der Waals surface area (Å²) < 4.78 is 5.86. The van der Waals surface area contributed by atoms with Crippen molar-refractivity contribution in [2.24, 2.45) is 0 Å². The van der Waals surface area contributed by atoms with Gasteiger partial charge in [0.15, 0.2) is 6.04 Å². The van der Waals surface area contributed by atoms with Crippen LogP contribution in [0.4, 0.5) is 4.79 Å². The zero-order valence-corrected chi connectivity index (χ0v) is 16.5. The van der Waals surface area contributed by atoms with Crippen LogP contribution >= 0.6 is 27.5 Å². The molecule has 2 aromatic carbocycles. The first-order valence-electron chi connectivity index (χ1n) is 8.09.